The smallest absolute Gasteiger partial charge is 0.306 e. The lowest BCUT2D eigenvalue weighted by atomic mass is 10.3. The Hall–Kier alpha value is -1.39. The molecule has 68 valence electrons. The third-order valence-electron chi connectivity index (χ3n) is 1.17. The molecule has 0 radical (unpaired) electrons. The zero-order chi connectivity index (χ0) is 9.40. The molecule has 0 fully saturated rings. The fourth-order valence-corrected chi connectivity index (χ4v) is 0.562. The normalized spacial score (nSPS) is 8.75. The second kappa shape index (κ2) is 6.33. The molecule has 0 bridgehead atoms. The van der Waals surface area contributed by atoms with Gasteiger partial charge >= 0.3 is 5.97 Å². The number of esters is 1. The summed E-state index contributed by atoms with van der Waals surface area (Å²) in [6, 6.07) is 0. The molecule has 0 atom stereocenters. The van der Waals surface area contributed by atoms with Crippen LogP contribution in [0.15, 0.2) is 0 Å². The maximum atomic E-state index is 10.7. The van der Waals surface area contributed by atoms with E-state index in [2.05, 4.69) is 10.1 Å². The van der Waals surface area contributed by atoms with Crippen molar-refractivity contribution in [1.29, 1.82) is 0 Å². The Labute approximate surface area is 70.1 Å². The average molecular weight is 173 g/mol. The third-order valence-corrected chi connectivity index (χ3v) is 1.17. The molecule has 0 saturated carbocycles. The van der Waals surface area contributed by atoms with Crippen LogP contribution in [0.4, 0.5) is 0 Å². The summed E-state index contributed by atoms with van der Waals surface area (Å²) in [6.45, 7) is -0.0139. The van der Waals surface area contributed by atoms with Gasteiger partial charge in [-0.1, -0.05) is 0 Å². The van der Waals surface area contributed by atoms with Crippen LogP contribution in [0.3, 0.4) is 0 Å². The predicted octanol–water partition coefficient (Wildman–Crippen LogP) is -0.745. The van der Waals surface area contributed by atoms with Gasteiger partial charge in [0.25, 0.3) is 0 Å². The number of nitrogens with one attached hydrogen (secondary N) is 1. The van der Waals surface area contributed by atoms with Crippen LogP contribution in [0.25, 0.3) is 0 Å². The van der Waals surface area contributed by atoms with Crippen molar-refractivity contribution in [3.05, 3.63) is 0 Å². The molecule has 0 saturated heterocycles. The topological polar surface area (TPSA) is 72.5 Å². The van der Waals surface area contributed by atoms with Gasteiger partial charge in [-0.3, -0.25) is 9.59 Å². The van der Waals surface area contributed by atoms with Gasteiger partial charge in [0.15, 0.2) is 0 Å². The fourth-order valence-electron chi connectivity index (χ4n) is 0.562. The summed E-state index contributed by atoms with van der Waals surface area (Å²) in [5, 5.41) is 2.30. The molecule has 0 unspecified atom stereocenters. The standard InChI is InChI=1S/C7H11NO4/c1-12-7(11)3-2-6(10)8-4-5-9/h5H,2-4H2,1H3,(H,8,10). The SMILES string of the molecule is COC(=O)CCC(=O)NCC=O. The van der Waals surface area contributed by atoms with Gasteiger partial charge in [0.1, 0.15) is 6.29 Å². The fraction of sp³-hybridized carbons (Fsp3) is 0.571. The van der Waals surface area contributed by atoms with Crippen LogP contribution in [0.1, 0.15) is 12.8 Å². The van der Waals surface area contributed by atoms with Gasteiger partial charge in [0.2, 0.25) is 5.91 Å². The van der Waals surface area contributed by atoms with Crippen LogP contribution in [0.5, 0.6) is 0 Å². The van der Waals surface area contributed by atoms with Gasteiger partial charge in [0, 0.05) is 6.42 Å². The Kier molecular flexibility index (Phi) is 5.60. The summed E-state index contributed by atoms with van der Waals surface area (Å²) >= 11 is 0. The van der Waals surface area contributed by atoms with Crippen LogP contribution >= 0.6 is 0 Å². The molecule has 0 aromatic rings. The minimum Gasteiger partial charge on any atom is -0.469 e. The highest BCUT2D eigenvalue weighted by Gasteiger charge is 2.04. The number of hydrogen-bond donors (Lipinski definition) is 1. The summed E-state index contributed by atoms with van der Waals surface area (Å²) in [4.78, 5) is 31.1. The molecule has 1 amide bonds. The number of carbonyl (C=O) groups excluding carboxylic acids is 3. The van der Waals surface area contributed by atoms with Gasteiger partial charge in [-0.2, -0.15) is 0 Å². The summed E-state index contributed by atoms with van der Waals surface area (Å²) < 4.78 is 4.32. The maximum Gasteiger partial charge on any atom is 0.306 e. The number of amides is 1. The lowest BCUT2D eigenvalue weighted by Gasteiger charge is -1.99. The minimum atomic E-state index is -0.434. The quantitative estimate of drug-likeness (QED) is 0.438. The van der Waals surface area contributed by atoms with Gasteiger partial charge in [0.05, 0.1) is 20.1 Å². The largest absolute Gasteiger partial charge is 0.469 e. The number of aldehydes is 1. The molecule has 0 aliphatic heterocycles. The monoisotopic (exact) mass is 173 g/mol. The van der Waals surface area contributed by atoms with Crippen molar-refractivity contribution < 1.29 is 19.1 Å². The lowest BCUT2D eigenvalue weighted by Crippen LogP contribution is -2.25. The summed E-state index contributed by atoms with van der Waals surface area (Å²) in [5.74, 6) is -0.760. The van der Waals surface area contributed by atoms with E-state index in [0.29, 0.717) is 6.29 Å². The second-order valence-electron chi connectivity index (χ2n) is 2.05. The second-order valence-corrected chi connectivity index (χ2v) is 2.05. The molecule has 5 nitrogen and oxygen atoms in total. The molecule has 1 N–H and O–H groups in total. The van der Waals surface area contributed by atoms with E-state index in [4.69, 9.17) is 0 Å². The summed E-state index contributed by atoms with van der Waals surface area (Å²) in [7, 11) is 1.26. The number of hydrogen-bond acceptors (Lipinski definition) is 4. The number of carbonyl (C=O) groups is 3. The highest BCUT2D eigenvalue weighted by atomic mass is 16.5. The molecule has 0 heterocycles. The van der Waals surface area contributed by atoms with Gasteiger partial charge in [-0.25, -0.2) is 0 Å². The van der Waals surface area contributed by atoms with E-state index >= 15 is 0 Å². The Bertz CT molecular complexity index is 178. The van der Waals surface area contributed by atoms with E-state index in [0.717, 1.165) is 0 Å². The molecule has 0 rings (SSSR count). The zero-order valence-electron chi connectivity index (χ0n) is 6.83. The Morgan fingerprint density at radius 1 is 1.42 bits per heavy atom. The molecular formula is C7H11NO4. The first-order valence-electron chi connectivity index (χ1n) is 3.48. The number of methoxy groups -OCH3 is 1. The van der Waals surface area contributed by atoms with E-state index in [1.54, 1.807) is 0 Å². The Balaban J connectivity index is 3.43. The first-order chi connectivity index (χ1) is 5.70. The van der Waals surface area contributed by atoms with Crippen molar-refractivity contribution in [2.45, 2.75) is 12.8 Å². The zero-order valence-corrected chi connectivity index (χ0v) is 6.83. The van der Waals surface area contributed by atoms with Crippen LogP contribution in [-0.2, 0) is 19.1 Å². The van der Waals surface area contributed by atoms with Crippen molar-refractivity contribution >= 4 is 18.2 Å². The van der Waals surface area contributed by atoms with Crippen molar-refractivity contribution in [3.8, 4) is 0 Å². The van der Waals surface area contributed by atoms with E-state index in [1.165, 1.54) is 7.11 Å². The molecule has 0 aliphatic carbocycles. The van der Waals surface area contributed by atoms with Crippen molar-refractivity contribution in [1.82, 2.24) is 5.32 Å². The van der Waals surface area contributed by atoms with Crippen LogP contribution in [0.2, 0.25) is 0 Å². The molecule has 12 heavy (non-hydrogen) atoms. The van der Waals surface area contributed by atoms with E-state index in [9.17, 15) is 14.4 Å². The predicted molar refractivity (Wildman–Crippen MR) is 40.3 cm³/mol. The molecule has 0 aromatic heterocycles. The maximum absolute atomic E-state index is 10.7. The molecule has 5 heteroatoms. The van der Waals surface area contributed by atoms with Gasteiger partial charge in [-0.05, 0) is 0 Å². The first kappa shape index (κ1) is 10.6. The van der Waals surface area contributed by atoms with E-state index in [1.807, 2.05) is 0 Å². The molecule has 0 spiro atoms. The van der Waals surface area contributed by atoms with Crippen molar-refractivity contribution in [2.24, 2.45) is 0 Å². The van der Waals surface area contributed by atoms with Crippen LogP contribution in [0, 0.1) is 0 Å². The van der Waals surface area contributed by atoms with Crippen LogP contribution < -0.4 is 5.32 Å². The van der Waals surface area contributed by atoms with Crippen LogP contribution in [-0.4, -0.2) is 31.8 Å². The van der Waals surface area contributed by atoms with Gasteiger partial charge < -0.3 is 14.8 Å². The summed E-state index contributed by atoms with van der Waals surface area (Å²) in [6.07, 6.45) is 0.678. The first-order valence-corrected chi connectivity index (χ1v) is 3.48. The molecule has 0 aliphatic rings. The Morgan fingerprint density at radius 2 is 2.08 bits per heavy atom. The molecule has 0 aromatic carbocycles. The highest BCUT2D eigenvalue weighted by Crippen LogP contribution is 1.90. The van der Waals surface area contributed by atoms with E-state index in [-0.39, 0.29) is 25.3 Å². The highest BCUT2D eigenvalue weighted by molar-refractivity contribution is 5.82. The number of ether oxygens (including phenoxy) is 1. The lowest BCUT2D eigenvalue weighted by molar-refractivity contribution is -0.142. The minimum absolute atomic E-state index is 0.0139. The third kappa shape index (κ3) is 5.40. The van der Waals surface area contributed by atoms with Crippen molar-refractivity contribution in [3.63, 3.8) is 0 Å². The Morgan fingerprint density at radius 3 is 2.58 bits per heavy atom. The van der Waals surface area contributed by atoms with Crippen molar-refractivity contribution in [2.75, 3.05) is 13.7 Å². The number of rotatable bonds is 5. The van der Waals surface area contributed by atoms with E-state index < -0.39 is 5.97 Å². The molecular weight excluding hydrogens is 162 g/mol. The van der Waals surface area contributed by atoms with Gasteiger partial charge in [-0.15, -0.1) is 0 Å². The summed E-state index contributed by atoms with van der Waals surface area (Å²) in [5.41, 5.74) is 0. The average Bonchev–Trinajstić information content (AvgIpc) is 2.10.